The molecule has 16 heteroatoms. The first-order valence-electron chi connectivity index (χ1n) is 20.3. The summed E-state index contributed by atoms with van der Waals surface area (Å²) in [4.78, 5) is 43.7. The first-order valence-corrected chi connectivity index (χ1v) is 20.3. The largest absolute Gasteiger partial charge is 0.508 e. The Balaban J connectivity index is 1.30. The van der Waals surface area contributed by atoms with Crippen molar-refractivity contribution in [2.24, 2.45) is 10.9 Å². The number of nitrogens with one attached hydrogen (secondary N) is 3. The Hall–Kier alpha value is -4.49. The fourth-order valence-corrected chi connectivity index (χ4v) is 8.89. The molecule has 0 radical (unpaired) electrons. The van der Waals surface area contributed by atoms with Crippen LogP contribution in [0.5, 0.6) is 11.5 Å². The van der Waals surface area contributed by atoms with Gasteiger partial charge in [-0.3, -0.25) is 19.5 Å². The summed E-state index contributed by atoms with van der Waals surface area (Å²) in [6, 6.07) is 9.02. The Morgan fingerprint density at radius 1 is 1.14 bits per heavy atom. The Morgan fingerprint density at radius 2 is 1.92 bits per heavy atom. The first kappa shape index (κ1) is 42.6. The van der Waals surface area contributed by atoms with Crippen LogP contribution in [0.25, 0.3) is 11.0 Å². The normalized spacial score (nSPS) is 26.1. The molecule has 9 unspecified atom stereocenters. The minimum absolute atomic E-state index is 0.0214. The number of carbonyl (C=O) groups excluding carboxylic acids is 1. The molecule has 0 saturated carbocycles. The lowest BCUT2D eigenvalue weighted by atomic mass is 9.79. The Kier molecular flexibility index (Phi) is 12.7. The highest BCUT2D eigenvalue weighted by molar-refractivity contribution is 5.90. The molecule has 0 aliphatic carbocycles. The number of nitrogens with zero attached hydrogens (tertiary/aromatic N) is 1. The van der Waals surface area contributed by atoms with Gasteiger partial charge in [0.25, 0.3) is 0 Å². The second kappa shape index (κ2) is 17.6. The van der Waals surface area contributed by atoms with Crippen molar-refractivity contribution in [1.29, 1.82) is 0 Å². The molecule has 4 aliphatic heterocycles. The number of aliphatic hydroxyl groups excluding tert-OH is 4. The quantitative estimate of drug-likeness (QED) is 0.0630. The Bertz CT molecular complexity index is 2170. The van der Waals surface area contributed by atoms with E-state index in [1.54, 1.807) is 19.2 Å². The van der Waals surface area contributed by atoms with E-state index < -0.39 is 48.8 Å². The van der Waals surface area contributed by atoms with Crippen LogP contribution in [0.2, 0.25) is 0 Å². The number of phenols is 1. The zero-order valence-electron chi connectivity index (χ0n) is 33.5. The van der Waals surface area contributed by atoms with Crippen molar-refractivity contribution in [2.45, 2.75) is 100 Å². The van der Waals surface area contributed by atoms with E-state index in [-0.39, 0.29) is 41.9 Å². The second-order valence-electron chi connectivity index (χ2n) is 16.3. The molecule has 7 rings (SSSR count). The van der Waals surface area contributed by atoms with E-state index in [1.807, 2.05) is 19.3 Å². The topological polar surface area (TPSA) is 237 Å². The summed E-state index contributed by atoms with van der Waals surface area (Å²) in [5, 5.41) is 70.1. The van der Waals surface area contributed by atoms with Crippen LogP contribution in [0.3, 0.4) is 0 Å². The summed E-state index contributed by atoms with van der Waals surface area (Å²) in [7, 11) is 1.82. The van der Waals surface area contributed by atoms with Crippen LogP contribution < -0.4 is 25.7 Å². The number of ether oxygens (including phenoxy) is 1. The predicted molar refractivity (Wildman–Crippen MR) is 215 cm³/mol. The molecule has 0 bridgehead atoms. The van der Waals surface area contributed by atoms with Gasteiger partial charge in [-0.2, -0.15) is 0 Å². The number of carbonyl (C=O) groups is 1. The summed E-state index contributed by atoms with van der Waals surface area (Å²) in [5.74, 6) is 0.974. The number of rotatable bonds is 18. The highest BCUT2D eigenvalue weighted by Crippen LogP contribution is 2.47. The number of phenolic OH excluding ortho intramolecular Hbond substituents is 1. The molecule has 9 N–H and O–H groups in total. The smallest absolute Gasteiger partial charge is 0.222 e. The molecule has 16 nitrogen and oxygen atoms in total. The summed E-state index contributed by atoms with van der Waals surface area (Å²) in [6.07, 6.45) is 1.59. The van der Waals surface area contributed by atoms with Crippen LogP contribution in [-0.4, -0.2) is 118 Å². The lowest BCUT2D eigenvalue weighted by molar-refractivity contribution is -0.793. The van der Waals surface area contributed by atoms with E-state index >= 15 is 0 Å². The lowest BCUT2D eigenvalue weighted by Gasteiger charge is -2.45. The molecule has 3 aromatic rings. The van der Waals surface area contributed by atoms with Crippen molar-refractivity contribution in [3.8, 4) is 11.5 Å². The second-order valence-corrected chi connectivity index (χ2v) is 16.3. The SMILES string of the molecule is CCC1C2=CC=NC2=C[NH+]1c1c2c(cc3c(=O)cc(C)oc13)CC(OOCC(O)(Cc1ccc(O)cc1)C(O)C(O)C(O)CO)C(CCNC)(CCC1CNC(=O)C1)O2. The van der Waals surface area contributed by atoms with E-state index in [4.69, 9.17) is 18.9 Å². The van der Waals surface area contributed by atoms with Gasteiger partial charge in [-0.25, -0.2) is 9.78 Å². The number of allylic oxidation sites excluding steroid dienone is 1. The van der Waals surface area contributed by atoms with Gasteiger partial charge in [-0.1, -0.05) is 19.1 Å². The number of quaternary nitrogens is 1. The number of benzene rings is 2. The molecule has 1 saturated heterocycles. The molecular formula is C43H55N4O12+. The van der Waals surface area contributed by atoms with Gasteiger partial charge in [0.1, 0.15) is 71.7 Å². The fraction of sp³-hybridized carbons (Fsp3) is 0.512. The van der Waals surface area contributed by atoms with Crippen LogP contribution >= 0.6 is 0 Å². The van der Waals surface area contributed by atoms with Gasteiger partial charge in [0.2, 0.25) is 17.2 Å². The molecule has 4 aliphatic rings. The number of amides is 1. The zero-order valence-corrected chi connectivity index (χ0v) is 33.5. The number of aryl methyl sites for hydroxylation is 1. The van der Waals surface area contributed by atoms with E-state index in [2.05, 4.69) is 22.5 Å². The fourth-order valence-electron chi connectivity index (χ4n) is 8.89. The predicted octanol–water partition coefficient (Wildman–Crippen LogP) is 0.533. The third kappa shape index (κ3) is 8.60. The van der Waals surface area contributed by atoms with Crippen LogP contribution in [0, 0.1) is 12.8 Å². The standard InChI is InChI=1S/C43H54N4O12/c1-4-32-29-10-13-45-31(29)21-47(32)37-39-27(17-30-33(50)15-24(2)57-40(30)37)18-35(43(58-39,12-14-44-3)11-9-26-16-36(52)46-20-26)59-56-23-42(55,41(54)38(53)34(51)22-48)19-25-5-7-28(49)8-6-25/h5-8,10,13,15,17,21,26,32,34-35,38,41,44,48-49,51,53-55H,4,9,11-12,14,16,18-20,22-23H2,1-3H3,(H,46,52)/p+1. The van der Waals surface area contributed by atoms with Crippen molar-refractivity contribution >= 4 is 28.8 Å². The van der Waals surface area contributed by atoms with Crippen molar-refractivity contribution in [3.05, 3.63) is 87.1 Å². The third-order valence-corrected chi connectivity index (χ3v) is 12.2. The molecule has 9 atom stereocenters. The molecule has 1 amide bonds. The molecule has 5 heterocycles. The summed E-state index contributed by atoms with van der Waals surface area (Å²) in [5.41, 5.74) is 0.494. The number of aromatic hydroxyl groups is 1. The van der Waals surface area contributed by atoms with Crippen LogP contribution in [-0.2, 0) is 27.4 Å². The molecule has 1 fully saturated rings. The Labute approximate surface area is 341 Å². The molecule has 59 heavy (non-hydrogen) atoms. The van der Waals surface area contributed by atoms with Crippen LogP contribution in [0.4, 0.5) is 5.69 Å². The highest BCUT2D eigenvalue weighted by Gasteiger charge is 2.51. The Morgan fingerprint density at radius 3 is 2.61 bits per heavy atom. The highest BCUT2D eigenvalue weighted by atomic mass is 17.2. The third-order valence-electron chi connectivity index (χ3n) is 12.2. The van der Waals surface area contributed by atoms with Crippen molar-refractivity contribution in [1.82, 2.24) is 10.6 Å². The molecular weight excluding hydrogens is 764 g/mol. The summed E-state index contributed by atoms with van der Waals surface area (Å²) < 4.78 is 13.7. The van der Waals surface area contributed by atoms with Gasteiger partial charge < -0.3 is 50.4 Å². The maximum atomic E-state index is 13.7. The number of hydrogen-bond acceptors (Lipinski definition) is 14. The number of fused-ring (bicyclic) bond motifs is 3. The van der Waals surface area contributed by atoms with E-state index in [0.29, 0.717) is 78.1 Å². The average Bonchev–Trinajstić information content (AvgIpc) is 3.95. The van der Waals surface area contributed by atoms with E-state index in [0.717, 1.165) is 22.6 Å². The van der Waals surface area contributed by atoms with Crippen LogP contribution in [0.1, 0.15) is 55.9 Å². The summed E-state index contributed by atoms with van der Waals surface area (Å²) >= 11 is 0. The van der Waals surface area contributed by atoms with Gasteiger partial charge in [0, 0.05) is 62.1 Å². The molecule has 0 spiro atoms. The van der Waals surface area contributed by atoms with Gasteiger partial charge in [-0.05, 0) is 69.1 Å². The average molecular weight is 820 g/mol. The number of aliphatic hydroxyl groups is 5. The van der Waals surface area contributed by atoms with Crippen molar-refractivity contribution < 1.29 is 59.3 Å². The minimum Gasteiger partial charge on any atom is -0.508 e. The number of hydrogen-bond donors (Lipinski definition) is 9. The van der Waals surface area contributed by atoms with Crippen molar-refractivity contribution in [3.63, 3.8) is 0 Å². The zero-order chi connectivity index (χ0) is 42.1. The van der Waals surface area contributed by atoms with E-state index in [1.165, 1.54) is 30.3 Å². The lowest BCUT2D eigenvalue weighted by Crippen LogP contribution is -3.05. The van der Waals surface area contributed by atoms with E-state index in [9.17, 15) is 40.2 Å². The maximum absolute atomic E-state index is 13.7. The molecule has 1 aromatic heterocycles. The number of aliphatic imine (C=N–C) groups is 1. The monoisotopic (exact) mass is 819 g/mol. The maximum Gasteiger partial charge on any atom is 0.222 e. The van der Waals surface area contributed by atoms with Crippen molar-refractivity contribution in [2.75, 3.05) is 33.4 Å². The first-order chi connectivity index (χ1) is 28.3. The van der Waals surface area contributed by atoms with Gasteiger partial charge in [0.05, 0.1) is 12.0 Å². The summed E-state index contributed by atoms with van der Waals surface area (Å²) in [6.45, 7) is 3.25. The van der Waals surface area contributed by atoms with Gasteiger partial charge >= 0.3 is 0 Å². The minimum atomic E-state index is -2.28. The van der Waals surface area contributed by atoms with Gasteiger partial charge in [0.15, 0.2) is 11.2 Å². The molecule has 2 aromatic carbocycles. The molecule has 318 valence electrons. The van der Waals surface area contributed by atoms with Gasteiger partial charge in [-0.15, -0.1) is 0 Å². The van der Waals surface area contributed by atoms with Crippen LogP contribution in [0.15, 0.2) is 74.1 Å².